The Labute approximate surface area is 54.9 Å². The first-order chi connectivity index (χ1) is 3.98. The molecule has 9 heavy (non-hydrogen) atoms. The van der Waals surface area contributed by atoms with Gasteiger partial charge in [0.25, 0.3) is 0 Å². The van der Waals surface area contributed by atoms with Gasteiger partial charge in [0, 0.05) is 0 Å². The Morgan fingerprint density at radius 1 is 1.67 bits per heavy atom. The summed E-state index contributed by atoms with van der Waals surface area (Å²) in [6, 6.07) is 0. The maximum absolute atomic E-state index is 10.5. The fraction of sp³-hybridized carbons (Fsp3) is 1.00. The maximum atomic E-state index is 10.5. The predicted molar refractivity (Wildman–Crippen MR) is 34.3 cm³/mol. The Kier molecular flexibility index (Phi) is 3.10. The Morgan fingerprint density at radius 2 is 2.11 bits per heavy atom. The van der Waals surface area contributed by atoms with Gasteiger partial charge in [0.15, 0.2) is 0 Å². The van der Waals surface area contributed by atoms with Crippen molar-refractivity contribution in [3.05, 3.63) is 0 Å². The fourth-order valence-electron chi connectivity index (χ4n) is 0.343. The molecule has 0 aliphatic carbocycles. The molecule has 0 aliphatic rings. The summed E-state index contributed by atoms with van der Waals surface area (Å²) in [6.45, 7) is 2.86. The molecular weight excluding hydrogens is 142 g/mol. The fourth-order valence-corrected chi connectivity index (χ4v) is 1.03. The van der Waals surface area contributed by atoms with Crippen LogP contribution in [0.25, 0.3) is 0 Å². The Morgan fingerprint density at radius 3 is 2.22 bits per heavy atom. The first-order valence-corrected chi connectivity index (χ1v) is 4.31. The summed E-state index contributed by atoms with van der Waals surface area (Å²) < 4.78 is 23.1. The molecule has 5 heteroatoms. The van der Waals surface area contributed by atoms with Gasteiger partial charge in [0.2, 0.25) is 10.0 Å². The van der Waals surface area contributed by atoms with Crippen molar-refractivity contribution in [1.82, 2.24) is 4.72 Å². The van der Waals surface area contributed by atoms with Crippen molar-refractivity contribution in [3.63, 3.8) is 0 Å². The standard InChI is InChI=1S/C4H11NO3S/c1-3-9(7,8)5-4(2)6/h4-6H,3H2,1-2H3. The van der Waals surface area contributed by atoms with Gasteiger partial charge in [-0.05, 0) is 13.8 Å². The average molecular weight is 153 g/mol. The average Bonchev–Trinajstić information content (AvgIpc) is 1.63. The predicted octanol–water partition coefficient (Wildman–Crippen LogP) is -0.736. The summed E-state index contributed by atoms with van der Waals surface area (Å²) in [5.74, 6) is -0.00208. The third-order valence-corrected chi connectivity index (χ3v) is 2.19. The smallest absolute Gasteiger partial charge is 0.213 e. The van der Waals surface area contributed by atoms with E-state index in [-0.39, 0.29) is 5.75 Å². The highest BCUT2D eigenvalue weighted by molar-refractivity contribution is 7.89. The Balaban J connectivity index is 3.90. The second-order valence-corrected chi connectivity index (χ2v) is 3.74. The van der Waals surface area contributed by atoms with Gasteiger partial charge in [-0.15, -0.1) is 0 Å². The van der Waals surface area contributed by atoms with E-state index in [0.29, 0.717) is 0 Å². The molecule has 0 radical (unpaired) electrons. The lowest BCUT2D eigenvalue weighted by molar-refractivity contribution is 0.184. The van der Waals surface area contributed by atoms with E-state index in [9.17, 15) is 8.42 Å². The zero-order chi connectivity index (χ0) is 7.49. The molecule has 0 saturated carbocycles. The van der Waals surface area contributed by atoms with E-state index in [1.54, 1.807) is 0 Å². The summed E-state index contributed by atoms with van der Waals surface area (Å²) in [5.41, 5.74) is 0. The summed E-state index contributed by atoms with van der Waals surface area (Å²) in [5, 5.41) is 8.53. The van der Waals surface area contributed by atoms with Crippen LogP contribution in [0.2, 0.25) is 0 Å². The van der Waals surface area contributed by atoms with Gasteiger partial charge in [-0.1, -0.05) is 0 Å². The van der Waals surface area contributed by atoms with Crippen molar-refractivity contribution in [2.45, 2.75) is 20.1 Å². The zero-order valence-corrected chi connectivity index (χ0v) is 6.27. The first-order valence-electron chi connectivity index (χ1n) is 2.66. The van der Waals surface area contributed by atoms with E-state index in [1.165, 1.54) is 13.8 Å². The SMILES string of the molecule is CCS(=O)(=O)NC(C)O. The largest absolute Gasteiger partial charge is 0.378 e. The molecule has 0 aromatic rings. The molecule has 0 aromatic heterocycles. The minimum Gasteiger partial charge on any atom is -0.378 e. The van der Waals surface area contributed by atoms with Crippen molar-refractivity contribution < 1.29 is 13.5 Å². The maximum Gasteiger partial charge on any atom is 0.213 e. The number of sulfonamides is 1. The van der Waals surface area contributed by atoms with Gasteiger partial charge in [0.1, 0.15) is 6.23 Å². The Bertz CT molecular complexity index is 161. The third-order valence-electron chi connectivity index (χ3n) is 0.730. The van der Waals surface area contributed by atoms with Crippen LogP contribution in [0.15, 0.2) is 0 Å². The number of nitrogens with one attached hydrogen (secondary N) is 1. The van der Waals surface area contributed by atoms with Crippen LogP contribution in [0.5, 0.6) is 0 Å². The van der Waals surface area contributed by atoms with Crippen LogP contribution in [0.4, 0.5) is 0 Å². The summed E-state index contributed by atoms with van der Waals surface area (Å²) in [7, 11) is -3.22. The zero-order valence-electron chi connectivity index (χ0n) is 5.46. The van der Waals surface area contributed by atoms with Crippen LogP contribution in [-0.4, -0.2) is 25.5 Å². The van der Waals surface area contributed by atoms with Crippen LogP contribution in [0, 0.1) is 0 Å². The molecule has 2 N–H and O–H groups in total. The molecule has 0 spiro atoms. The van der Waals surface area contributed by atoms with Gasteiger partial charge in [-0.2, -0.15) is 4.72 Å². The highest BCUT2D eigenvalue weighted by Crippen LogP contribution is 1.83. The molecule has 0 heterocycles. The molecule has 0 aromatic carbocycles. The van der Waals surface area contributed by atoms with Crippen molar-refractivity contribution in [3.8, 4) is 0 Å². The van der Waals surface area contributed by atoms with E-state index in [0.717, 1.165) is 0 Å². The van der Waals surface area contributed by atoms with E-state index >= 15 is 0 Å². The van der Waals surface area contributed by atoms with Gasteiger partial charge in [-0.3, -0.25) is 0 Å². The van der Waals surface area contributed by atoms with Gasteiger partial charge < -0.3 is 5.11 Å². The molecule has 1 atom stereocenters. The van der Waals surface area contributed by atoms with Crippen molar-refractivity contribution in [1.29, 1.82) is 0 Å². The van der Waals surface area contributed by atoms with Gasteiger partial charge in [-0.25, -0.2) is 8.42 Å². The second-order valence-electron chi connectivity index (χ2n) is 1.70. The summed E-state index contributed by atoms with van der Waals surface area (Å²) >= 11 is 0. The molecule has 0 bridgehead atoms. The number of aliphatic hydroxyl groups excluding tert-OH is 1. The quantitative estimate of drug-likeness (QED) is 0.525. The topological polar surface area (TPSA) is 66.4 Å². The highest BCUT2D eigenvalue weighted by Gasteiger charge is 2.07. The molecule has 0 fully saturated rings. The number of hydrogen-bond donors (Lipinski definition) is 2. The van der Waals surface area contributed by atoms with Crippen molar-refractivity contribution in [2.24, 2.45) is 0 Å². The van der Waals surface area contributed by atoms with E-state index in [4.69, 9.17) is 5.11 Å². The lowest BCUT2D eigenvalue weighted by atomic mass is 10.7. The molecule has 56 valence electrons. The molecule has 0 amide bonds. The third kappa shape index (κ3) is 4.38. The number of hydrogen-bond acceptors (Lipinski definition) is 3. The lowest BCUT2D eigenvalue weighted by Gasteiger charge is -2.04. The van der Waals surface area contributed by atoms with E-state index in [1.807, 2.05) is 4.72 Å². The number of aliphatic hydroxyl groups is 1. The van der Waals surface area contributed by atoms with Crippen LogP contribution >= 0.6 is 0 Å². The summed E-state index contributed by atoms with van der Waals surface area (Å²) in [6.07, 6.45) is -0.991. The highest BCUT2D eigenvalue weighted by atomic mass is 32.2. The van der Waals surface area contributed by atoms with Crippen LogP contribution in [-0.2, 0) is 10.0 Å². The van der Waals surface area contributed by atoms with Crippen molar-refractivity contribution >= 4 is 10.0 Å². The molecule has 0 aliphatic heterocycles. The second kappa shape index (κ2) is 3.14. The van der Waals surface area contributed by atoms with Crippen LogP contribution < -0.4 is 4.72 Å². The molecule has 4 nitrogen and oxygen atoms in total. The molecular formula is C4H11NO3S. The van der Waals surface area contributed by atoms with Gasteiger partial charge in [0.05, 0.1) is 5.75 Å². The van der Waals surface area contributed by atoms with Crippen LogP contribution in [0.1, 0.15) is 13.8 Å². The first kappa shape index (κ1) is 8.87. The Hall–Kier alpha value is -0.130. The normalized spacial score (nSPS) is 15.4. The minimum atomic E-state index is -3.22. The van der Waals surface area contributed by atoms with Crippen molar-refractivity contribution in [2.75, 3.05) is 5.75 Å². The molecule has 0 rings (SSSR count). The lowest BCUT2D eigenvalue weighted by Crippen LogP contribution is -2.33. The van der Waals surface area contributed by atoms with Crippen LogP contribution in [0.3, 0.4) is 0 Å². The minimum absolute atomic E-state index is 0.00208. The number of rotatable bonds is 3. The van der Waals surface area contributed by atoms with E-state index in [2.05, 4.69) is 0 Å². The van der Waals surface area contributed by atoms with E-state index < -0.39 is 16.3 Å². The molecule has 1 unspecified atom stereocenters. The van der Waals surface area contributed by atoms with Gasteiger partial charge >= 0.3 is 0 Å². The molecule has 0 saturated heterocycles. The summed E-state index contributed by atoms with van der Waals surface area (Å²) in [4.78, 5) is 0. The monoisotopic (exact) mass is 153 g/mol.